The second kappa shape index (κ2) is 57.7. The van der Waals surface area contributed by atoms with Crippen LogP contribution in [0.5, 0.6) is 46.0 Å². The molecule has 18 aromatic rings. The van der Waals surface area contributed by atoms with E-state index >= 15 is 0 Å². The summed E-state index contributed by atoms with van der Waals surface area (Å²) in [6.07, 6.45) is 1.37. The molecule has 0 bridgehead atoms. The number of hydrogen-bond acceptors (Lipinski definition) is 13. The second-order valence-electron chi connectivity index (χ2n) is 33.8. The van der Waals surface area contributed by atoms with E-state index in [0.29, 0.717) is 82.4 Å². The van der Waals surface area contributed by atoms with Crippen LogP contribution in [0.1, 0.15) is 119 Å². The van der Waals surface area contributed by atoms with Gasteiger partial charge in [-0.2, -0.15) is 0 Å². The lowest BCUT2D eigenvalue weighted by Gasteiger charge is -2.12. The number of benzene rings is 17. The van der Waals surface area contributed by atoms with E-state index in [1.807, 2.05) is 421 Å². The van der Waals surface area contributed by atoms with Crippen LogP contribution in [0.2, 0.25) is 0 Å². The van der Waals surface area contributed by atoms with Gasteiger partial charge in [-0.1, -0.05) is 308 Å². The van der Waals surface area contributed by atoms with E-state index < -0.39 is 0 Å². The minimum Gasteiger partial charge on any atom is -0.489 e. The second-order valence-corrected chi connectivity index (χ2v) is 35.2. The SMILES string of the molecule is CC(Br)C(=O)c1ccc(OCc2ccccc2)cc1.CC(Cc1ccc(OCc2ccccc2)cc1)C(=O)c1ccc(OCc2ccccc2)cc1.CC(Cc1ccc(OCc2ccccc2)cc1)C(=O)c1ccc(OCc2ccccc2)cc1.Cc1ccc2[nH]c(-c3ccc(OCc4ccccc4)cc3)c(C)c2c1.Cl.Cl.Nc1ccc(OCc2ccccc2)cc1.Nc1ccc(OCc2ccccc2)cc1. The minimum atomic E-state index is -0.163. The fraction of sp³-hybridized carbons (Fsp3) is 0.144. The minimum absolute atomic E-state index is 0. The molecule has 0 aliphatic heterocycles. The molecule has 3 atom stereocenters. The number of ether oxygens (including phenoxy) is 8. The Hall–Kier alpha value is -15.7. The zero-order chi connectivity index (χ0) is 97.7. The largest absolute Gasteiger partial charge is 0.489 e. The zero-order valence-electron chi connectivity index (χ0n) is 80.4. The molecule has 0 aliphatic carbocycles. The number of ketones is 3. The number of aryl methyl sites for hydroxylation is 2. The van der Waals surface area contributed by atoms with Crippen molar-refractivity contribution >= 4 is 80.4 Å². The van der Waals surface area contributed by atoms with Gasteiger partial charge in [0.2, 0.25) is 0 Å². The number of nitrogen functional groups attached to an aromatic ring is 2. The maximum absolute atomic E-state index is 12.9. The number of anilines is 2. The predicted octanol–water partition coefficient (Wildman–Crippen LogP) is 30.6. The Morgan fingerprint density at radius 3 is 0.704 bits per heavy atom. The van der Waals surface area contributed by atoms with Crippen LogP contribution in [0.15, 0.2) is 455 Å². The van der Waals surface area contributed by atoms with Crippen LogP contribution < -0.4 is 49.4 Å². The molecule has 0 fully saturated rings. The van der Waals surface area contributed by atoms with Crippen LogP contribution in [0, 0.1) is 25.7 Å². The monoisotopic (exact) mass is 1990 g/mol. The van der Waals surface area contributed by atoms with E-state index in [0.717, 1.165) is 107 Å². The normalized spacial score (nSPS) is 11.0. The first-order chi connectivity index (χ1) is 68.4. The summed E-state index contributed by atoms with van der Waals surface area (Å²) in [6.45, 7) is 14.5. The number of carbonyl (C=O) groups is 3. The van der Waals surface area contributed by atoms with Gasteiger partial charge < -0.3 is 54.3 Å². The van der Waals surface area contributed by atoms with Crippen LogP contribution in [0.4, 0.5) is 11.4 Å². The van der Waals surface area contributed by atoms with Crippen LogP contribution >= 0.6 is 40.7 Å². The summed E-state index contributed by atoms with van der Waals surface area (Å²) in [5, 5.41) is 1.29. The number of aromatic nitrogens is 1. The van der Waals surface area contributed by atoms with Crippen molar-refractivity contribution in [3.8, 4) is 57.3 Å². The number of hydrogen-bond donors (Lipinski definition) is 3. The average molecular weight is 1990 g/mol. The van der Waals surface area contributed by atoms with Gasteiger partial charge in [0.05, 0.1) is 4.83 Å². The molecule has 722 valence electrons. The van der Waals surface area contributed by atoms with Gasteiger partial charge in [0.15, 0.2) is 17.3 Å². The topological polar surface area (TPSA) is 193 Å². The lowest BCUT2D eigenvalue weighted by molar-refractivity contribution is 0.0922. The van der Waals surface area contributed by atoms with Crippen LogP contribution in [-0.2, 0) is 65.7 Å². The number of carbonyl (C=O) groups excluding carboxylic acids is 3. The van der Waals surface area contributed by atoms with Crippen molar-refractivity contribution in [3.05, 3.63) is 538 Å². The lowest BCUT2D eigenvalue weighted by atomic mass is 9.93. The Bertz CT molecular complexity index is 6420. The molecule has 0 saturated heterocycles. The number of halogens is 3. The molecule has 0 amide bonds. The van der Waals surface area contributed by atoms with E-state index in [1.165, 1.54) is 38.9 Å². The summed E-state index contributed by atoms with van der Waals surface area (Å²) in [5.41, 5.74) is 32.2. The van der Waals surface area contributed by atoms with Crippen LogP contribution in [-0.4, -0.2) is 27.2 Å². The summed E-state index contributed by atoms with van der Waals surface area (Å²) in [5.74, 6) is 6.62. The summed E-state index contributed by atoms with van der Waals surface area (Å²) in [6, 6.07) is 148. The maximum Gasteiger partial charge on any atom is 0.176 e. The summed E-state index contributed by atoms with van der Waals surface area (Å²) in [4.78, 5) is 40.9. The number of rotatable bonds is 35. The standard InChI is InChI=1S/2C30H28O3.C23H21NO.C16H15BrO2.2C13H13NO.2ClH/c2*1-23(20-24-12-16-28(17-13-24)32-21-25-8-4-2-5-9-25)30(31)27-14-18-29(19-15-27)33-22-26-10-6-3-7-11-26;1-16-8-13-22-21(14-16)17(2)23(24-22)19-9-11-20(12-10-19)25-15-18-6-4-3-5-7-18;1-12(17)16(18)14-7-9-15(10-8-14)19-11-13-5-3-2-4-6-13;2*14-12-6-8-13(9-7-12)15-10-11-4-2-1-3-5-11;;/h2*2-19,23H,20-22H2,1H3;3-14,24H,15H2,1-2H3;2-10,12H,11H2,1H3;2*1-9H,10,14H2;2*1H. The molecule has 1 aromatic heterocycles. The molecule has 17 aromatic carbocycles. The fourth-order valence-corrected chi connectivity index (χ4v) is 15.0. The van der Waals surface area contributed by atoms with E-state index in [1.54, 1.807) is 12.1 Å². The van der Waals surface area contributed by atoms with Gasteiger partial charge in [0, 0.05) is 56.5 Å². The Balaban J connectivity index is 0.000000166. The van der Waals surface area contributed by atoms with Crippen molar-refractivity contribution in [2.24, 2.45) is 11.8 Å². The molecule has 3 unspecified atom stereocenters. The molecule has 0 spiro atoms. The van der Waals surface area contributed by atoms with Gasteiger partial charge in [-0.3, -0.25) is 14.4 Å². The summed E-state index contributed by atoms with van der Waals surface area (Å²) >= 11 is 3.28. The molecule has 17 heteroatoms. The molecule has 5 N–H and O–H groups in total. The average Bonchev–Trinajstić information content (AvgIpc) is 1.64. The van der Waals surface area contributed by atoms with Gasteiger partial charge in [-0.15, -0.1) is 24.8 Å². The van der Waals surface area contributed by atoms with Crippen molar-refractivity contribution in [1.29, 1.82) is 0 Å². The maximum atomic E-state index is 12.9. The number of nitrogens with two attached hydrogens (primary N) is 2. The number of H-pyrrole nitrogens is 1. The Kier molecular flexibility index (Phi) is 43.4. The first-order valence-electron chi connectivity index (χ1n) is 46.9. The molecule has 0 radical (unpaired) electrons. The van der Waals surface area contributed by atoms with Crippen molar-refractivity contribution < 1.29 is 52.3 Å². The van der Waals surface area contributed by atoms with Gasteiger partial charge >= 0.3 is 0 Å². The smallest absolute Gasteiger partial charge is 0.176 e. The highest BCUT2D eigenvalue weighted by Gasteiger charge is 2.20. The molecule has 18 rings (SSSR count). The third-order valence-electron chi connectivity index (χ3n) is 22.7. The van der Waals surface area contributed by atoms with Crippen molar-refractivity contribution in [2.45, 2.75) is 105 Å². The van der Waals surface area contributed by atoms with E-state index in [-0.39, 0.29) is 58.8 Å². The highest BCUT2D eigenvalue weighted by atomic mass is 79.9. The number of Topliss-reactive ketones (excluding diaryl/α,β-unsaturated/α-hetero) is 3. The number of nitrogens with one attached hydrogen (secondary N) is 1. The van der Waals surface area contributed by atoms with Crippen molar-refractivity contribution in [2.75, 3.05) is 11.5 Å². The molecular formula is C125H120BrCl2N3O11. The first kappa shape index (κ1) is 107. The molecule has 0 aliphatic rings. The quantitative estimate of drug-likeness (QED) is 0.0193. The molecule has 0 saturated carbocycles. The Labute approximate surface area is 855 Å². The van der Waals surface area contributed by atoms with Gasteiger partial charge in [0.1, 0.15) is 98.9 Å². The van der Waals surface area contributed by atoms with E-state index in [4.69, 9.17) is 49.4 Å². The molecule has 142 heavy (non-hydrogen) atoms. The fourth-order valence-electron chi connectivity index (χ4n) is 14.8. The zero-order valence-corrected chi connectivity index (χ0v) is 83.7. The van der Waals surface area contributed by atoms with E-state index in [9.17, 15) is 14.4 Å². The summed E-state index contributed by atoms with van der Waals surface area (Å²) in [7, 11) is 0. The number of fused-ring (bicyclic) bond motifs is 1. The predicted molar refractivity (Wildman–Crippen MR) is 585 cm³/mol. The molecular weight excluding hydrogens is 1870 g/mol. The third-order valence-corrected chi connectivity index (χ3v) is 23.1. The Morgan fingerprint density at radius 1 is 0.261 bits per heavy atom. The Morgan fingerprint density at radius 2 is 0.472 bits per heavy atom. The van der Waals surface area contributed by atoms with Crippen LogP contribution in [0.3, 0.4) is 0 Å². The van der Waals surface area contributed by atoms with Crippen LogP contribution in [0.25, 0.3) is 22.2 Å². The highest BCUT2D eigenvalue weighted by Crippen LogP contribution is 2.33. The molecule has 14 nitrogen and oxygen atoms in total. The first-order valence-corrected chi connectivity index (χ1v) is 47.8. The summed E-state index contributed by atoms with van der Waals surface area (Å²) < 4.78 is 46.1. The third kappa shape index (κ3) is 36.0. The lowest BCUT2D eigenvalue weighted by Crippen LogP contribution is -2.14. The highest BCUT2D eigenvalue weighted by molar-refractivity contribution is 9.10. The van der Waals surface area contributed by atoms with Gasteiger partial charge in [-0.05, 0) is 282 Å². The van der Waals surface area contributed by atoms with Crippen molar-refractivity contribution in [1.82, 2.24) is 4.98 Å². The van der Waals surface area contributed by atoms with Gasteiger partial charge in [0.25, 0.3) is 0 Å². The number of alkyl halides is 1. The van der Waals surface area contributed by atoms with E-state index in [2.05, 4.69) is 77.2 Å². The number of aromatic amines is 1. The van der Waals surface area contributed by atoms with Gasteiger partial charge in [-0.25, -0.2) is 0 Å². The molecule has 1 heterocycles. The van der Waals surface area contributed by atoms with Crippen molar-refractivity contribution in [3.63, 3.8) is 0 Å².